The molecule has 1 N–H and O–H groups in total. The molecular formula is C14H21F3O3Si. The SMILES string of the molecule is CCO[Si](C)(OCC)c1ccccc1C(C)(O)C(F)(F)F. The van der Waals surface area contributed by atoms with Crippen LogP contribution in [0.4, 0.5) is 13.2 Å². The highest BCUT2D eigenvalue weighted by Crippen LogP contribution is 2.38. The highest BCUT2D eigenvalue weighted by molar-refractivity contribution is 6.80. The first-order valence-electron chi connectivity index (χ1n) is 6.77. The standard InChI is InChI=1S/C14H21F3O3Si/c1-5-19-21(4,20-6-2)12-10-8-7-9-11(12)13(3,18)14(15,16)17/h7-10,18H,5-6H2,1-4H3. The van der Waals surface area contributed by atoms with Crippen molar-refractivity contribution in [2.45, 2.75) is 39.1 Å². The molecule has 0 saturated carbocycles. The highest BCUT2D eigenvalue weighted by atomic mass is 28.4. The molecule has 0 heterocycles. The molecule has 0 aliphatic heterocycles. The van der Waals surface area contributed by atoms with Crippen LogP contribution in [0.5, 0.6) is 0 Å². The van der Waals surface area contributed by atoms with Gasteiger partial charge < -0.3 is 14.0 Å². The predicted molar refractivity (Wildman–Crippen MR) is 76.6 cm³/mol. The third kappa shape index (κ3) is 3.66. The normalized spacial score (nSPS) is 15.8. The molecule has 1 aromatic carbocycles. The Morgan fingerprint density at radius 3 is 2.00 bits per heavy atom. The van der Waals surface area contributed by atoms with Crippen molar-refractivity contribution in [2.75, 3.05) is 13.2 Å². The van der Waals surface area contributed by atoms with Gasteiger partial charge in [-0.15, -0.1) is 0 Å². The maximum atomic E-state index is 13.1. The van der Waals surface area contributed by atoms with Crippen molar-refractivity contribution in [3.05, 3.63) is 29.8 Å². The molecule has 0 radical (unpaired) electrons. The molecule has 0 fully saturated rings. The Balaban J connectivity index is 3.45. The Hall–Kier alpha value is -0.893. The van der Waals surface area contributed by atoms with Gasteiger partial charge in [0.2, 0.25) is 0 Å². The predicted octanol–water partition coefficient (Wildman–Crippen LogP) is 2.81. The lowest BCUT2D eigenvalue weighted by atomic mass is 9.95. The van der Waals surface area contributed by atoms with E-state index in [1.807, 2.05) is 0 Å². The first-order chi connectivity index (χ1) is 9.60. The van der Waals surface area contributed by atoms with Gasteiger partial charge in [0.25, 0.3) is 0 Å². The van der Waals surface area contributed by atoms with Gasteiger partial charge in [-0.3, -0.25) is 0 Å². The minimum Gasteiger partial charge on any atom is -0.391 e. The van der Waals surface area contributed by atoms with Crippen molar-refractivity contribution in [2.24, 2.45) is 0 Å². The van der Waals surface area contributed by atoms with Crippen molar-refractivity contribution < 1.29 is 27.1 Å². The molecule has 7 heteroatoms. The van der Waals surface area contributed by atoms with Crippen molar-refractivity contribution in [3.63, 3.8) is 0 Å². The van der Waals surface area contributed by atoms with E-state index in [4.69, 9.17) is 8.85 Å². The second-order valence-electron chi connectivity index (χ2n) is 4.93. The van der Waals surface area contributed by atoms with E-state index in [0.717, 1.165) is 6.92 Å². The average Bonchev–Trinajstić information content (AvgIpc) is 2.38. The largest absolute Gasteiger partial charge is 0.421 e. The van der Waals surface area contributed by atoms with Crippen LogP contribution in [0.1, 0.15) is 26.3 Å². The number of halogens is 3. The highest BCUT2D eigenvalue weighted by Gasteiger charge is 2.54. The topological polar surface area (TPSA) is 38.7 Å². The van der Waals surface area contributed by atoms with Crippen molar-refractivity contribution in [3.8, 4) is 0 Å². The van der Waals surface area contributed by atoms with Crippen molar-refractivity contribution >= 4 is 13.7 Å². The summed E-state index contributed by atoms with van der Waals surface area (Å²) in [5.74, 6) is 0. The van der Waals surface area contributed by atoms with Crippen LogP contribution < -0.4 is 5.19 Å². The van der Waals surface area contributed by atoms with Gasteiger partial charge in [-0.1, -0.05) is 24.3 Å². The maximum absolute atomic E-state index is 13.1. The summed E-state index contributed by atoms with van der Waals surface area (Å²) in [7, 11) is -3.02. The Morgan fingerprint density at radius 1 is 1.10 bits per heavy atom. The Kier molecular flexibility index (Phi) is 5.60. The second-order valence-corrected chi connectivity index (χ2v) is 7.93. The summed E-state index contributed by atoms with van der Waals surface area (Å²) in [6.45, 7) is 6.60. The summed E-state index contributed by atoms with van der Waals surface area (Å²) in [4.78, 5) is 0. The molecule has 0 amide bonds. The van der Waals surface area contributed by atoms with E-state index in [1.54, 1.807) is 26.5 Å². The number of alkyl halides is 3. The molecule has 0 spiro atoms. The minimum absolute atomic E-state index is 0.214. The van der Waals surface area contributed by atoms with E-state index in [9.17, 15) is 18.3 Å². The van der Waals surface area contributed by atoms with Crippen LogP contribution in [-0.2, 0) is 14.5 Å². The molecule has 0 aliphatic carbocycles. The van der Waals surface area contributed by atoms with Crippen molar-refractivity contribution in [1.29, 1.82) is 0 Å². The maximum Gasteiger partial charge on any atom is 0.421 e. The molecule has 1 rings (SSSR count). The summed E-state index contributed by atoms with van der Waals surface area (Å²) in [5.41, 5.74) is -3.17. The van der Waals surface area contributed by atoms with E-state index in [0.29, 0.717) is 18.4 Å². The first kappa shape index (κ1) is 18.2. The van der Waals surface area contributed by atoms with Crippen LogP contribution in [0.15, 0.2) is 24.3 Å². The fourth-order valence-electron chi connectivity index (χ4n) is 2.20. The van der Waals surface area contributed by atoms with Gasteiger partial charge in [0.05, 0.1) is 0 Å². The Morgan fingerprint density at radius 2 is 1.57 bits per heavy atom. The first-order valence-corrected chi connectivity index (χ1v) is 9.08. The molecule has 0 bridgehead atoms. The van der Waals surface area contributed by atoms with Crippen LogP contribution >= 0.6 is 0 Å². The quantitative estimate of drug-likeness (QED) is 0.819. The molecule has 3 nitrogen and oxygen atoms in total. The zero-order chi connectivity index (χ0) is 16.3. The van der Waals surface area contributed by atoms with E-state index < -0.39 is 20.3 Å². The Labute approximate surface area is 123 Å². The molecule has 21 heavy (non-hydrogen) atoms. The van der Waals surface area contributed by atoms with Gasteiger partial charge in [0.1, 0.15) is 0 Å². The molecule has 1 atom stereocenters. The van der Waals surface area contributed by atoms with Crippen molar-refractivity contribution in [1.82, 2.24) is 0 Å². The summed E-state index contributed by atoms with van der Waals surface area (Å²) < 4.78 is 50.7. The van der Waals surface area contributed by atoms with E-state index in [2.05, 4.69) is 0 Å². The lowest BCUT2D eigenvalue weighted by Gasteiger charge is -2.34. The molecule has 120 valence electrons. The lowest BCUT2D eigenvalue weighted by molar-refractivity contribution is -0.258. The van der Waals surface area contributed by atoms with Crippen LogP contribution in [0.25, 0.3) is 0 Å². The zero-order valence-corrected chi connectivity index (χ0v) is 13.6. The second kappa shape index (κ2) is 6.47. The average molecular weight is 322 g/mol. The molecular weight excluding hydrogens is 301 g/mol. The third-order valence-electron chi connectivity index (χ3n) is 3.33. The molecule has 1 aromatic rings. The van der Waals surface area contributed by atoms with Crippen LogP contribution in [0.3, 0.4) is 0 Å². The fraction of sp³-hybridized carbons (Fsp3) is 0.571. The van der Waals surface area contributed by atoms with E-state index in [1.165, 1.54) is 18.2 Å². The van der Waals surface area contributed by atoms with E-state index >= 15 is 0 Å². The summed E-state index contributed by atoms with van der Waals surface area (Å²) in [6, 6.07) is 5.89. The van der Waals surface area contributed by atoms with Gasteiger partial charge in [0, 0.05) is 18.4 Å². The van der Waals surface area contributed by atoms with E-state index in [-0.39, 0.29) is 5.56 Å². The number of hydrogen-bond donors (Lipinski definition) is 1. The summed E-state index contributed by atoms with van der Waals surface area (Å²) in [6.07, 6.45) is -4.78. The van der Waals surface area contributed by atoms with Gasteiger partial charge in [-0.05, 0) is 32.9 Å². The van der Waals surface area contributed by atoms with Gasteiger partial charge >= 0.3 is 14.7 Å². The fourth-order valence-corrected chi connectivity index (χ4v) is 4.92. The Bertz CT molecular complexity index is 469. The lowest BCUT2D eigenvalue weighted by Crippen LogP contribution is -2.56. The van der Waals surface area contributed by atoms with Gasteiger partial charge in [-0.25, -0.2) is 0 Å². The monoisotopic (exact) mass is 322 g/mol. The van der Waals surface area contributed by atoms with Gasteiger partial charge in [-0.2, -0.15) is 13.2 Å². The summed E-state index contributed by atoms with van der Waals surface area (Å²) in [5, 5.41) is 10.3. The number of benzene rings is 1. The number of aliphatic hydroxyl groups is 1. The zero-order valence-electron chi connectivity index (χ0n) is 12.6. The van der Waals surface area contributed by atoms with Crippen LogP contribution in [0, 0.1) is 0 Å². The molecule has 0 saturated heterocycles. The molecule has 0 aromatic heterocycles. The molecule has 0 aliphatic rings. The minimum atomic E-state index is -4.78. The van der Waals surface area contributed by atoms with Gasteiger partial charge in [0.15, 0.2) is 5.60 Å². The smallest absolute Gasteiger partial charge is 0.391 e. The number of hydrogen-bond acceptors (Lipinski definition) is 3. The third-order valence-corrected chi connectivity index (χ3v) is 6.43. The summed E-state index contributed by atoms with van der Waals surface area (Å²) >= 11 is 0. The van der Waals surface area contributed by atoms with Crippen LogP contribution in [0.2, 0.25) is 6.55 Å². The molecule has 1 unspecified atom stereocenters. The van der Waals surface area contributed by atoms with Crippen LogP contribution in [-0.4, -0.2) is 33.1 Å². The number of rotatable bonds is 6.